The van der Waals surface area contributed by atoms with E-state index in [1.807, 2.05) is 13.0 Å². The van der Waals surface area contributed by atoms with Gasteiger partial charge in [-0.2, -0.15) is 0 Å². The fourth-order valence-electron chi connectivity index (χ4n) is 3.17. The number of rotatable bonds is 11. The molecular weight excluding hydrogens is 266 g/mol. The van der Waals surface area contributed by atoms with Crippen LogP contribution in [0.25, 0.3) is 0 Å². The summed E-state index contributed by atoms with van der Waals surface area (Å²) in [6, 6.07) is 1.87. The number of carbonyl (C=O) groups is 1. The Morgan fingerprint density at radius 1 is 1.24 bits per heavy atom. The predicted octanol–water partition coefficient (Wildman–Crippen LogP) is 4.87. The highest BCUT2D eigenvalue weighted by Gasteiger charge is 2.29. The Balaban J connectivity index is 2.57. The van der Waals surface area contributed by atoms with Crippen LogP contribution < -0.4 is 0 Å². The first kappa shape index (κ1) is 17.7. The standard InChI is InChI=1S/C17H29NO3/c1-4-5-6-7-8-9-13(2)17(14(3)12-16(19)20)15-10-11-18-21-15/h10-11,13-14,17H,4-9,12H2,1-3H3,(H,19,20). The molecule has 3 atom stereocenters. The summed E-state index contributed by atoms with van der Waals surface area (Å²) in [5.74, 6) is 0.678. The summed E-state index contributed by atoms with van der Waals surface area (Å²) in [6.45, 7) is 6.41. The second-order valence-corrected chi connectivity index (χ2v) is 6.20. The normalized spacial score (nSPS) is 15.6. The Kier molecular flexibility index (Phi) is 8.09. The molecule has 0 bridgehead atoms. The van der Waals surface area contributed by atoms with Crippen LogP contribution >= 0.6 is 0 Å². The van der Waals surface area contributed by atoms with Crippen molar-refractivity contribution < 1.29 is 14.4 Å². The van der Waals surface area contributed by atoms with Gasteiger partial charge in [-0.3, -0.25) is 4.79 Å². The fraction of sp³-hybridized carbons (Fsp3) is 0.765. The van der Waals surface area contributed by atoms with Crippen molar-refractivity contribution in [2.24, 2.45) is 11.8 Å². The molecule has 1 heterocycles. The molecule has 120 valence electrons. The summed E-state index contributed by atoms with van der Waals surface area (Å²) in [6.07, 6.45) is 9.23. The molecule has 0 aliphatic carbocycles. The summed E-state index contributed by atoms with van der Waals surface area (Å²) in [5.41, 5.74) is 0. The maximum atomic E-state index is 11.0. The van der Waals surface area contributed by atoms with Crippen molar-refractivity contribution in [3.8, 4) is 0 Å². The van der Waals surface area contributed by atoms with Gasteiger partial charge in [0.05, 0.1) is 6.20 Å². The molecule has 0 aromatic carbocycles. The molecule has 0 saturated heterocycles. The van der Waals surface area contributed by atoms with Crippen LogP contribution in [0.3, 0.4) is 0 Å². The molecule has 0 aliphatic rings. The van der Waals surface area contributed by atoms with Crippen LogP contribution in [0.2, 0.25) is 0 Å². The summed E-state index contributed by atoms with van der Waals surface area (Å²) >= 11 is 0. The lowest BCUT2D eigenvalue weighted by Crippen LogP contribution is -2.20. The summed E-state index contributed by atoms with van der Waals surface area (Å²) in [5, 5.41) is 12.8. The molecule has 0 saturated carbocycles. The quantitative estimate of drug-likeness (QED) is 0.592. The molecule has 0 aliphatic heterocycles. The number of carboxylic acid groups (broad SMARTS) is 1. The maximum Gasteiger partial charge on any atom is 0.303 e. The van der Waals surface area contributed by atoms with E-state index in [4.69, 9.17) is 9.63 Å². The predicted molar refractivity (Wildman–Crippen MR) is 83.2 cm³/mol. The van der Waals surface area contributed by atoms with Gasteiger partial charge >= 0.3 is 5.97 Å². The van der Waals surface area contributed by atoms with E-state index in [2.05, 4.69) is 19.0 Å². The van der Waals surface area contributed by atoms with Crippen LogP contribution in [0.4, 0.5) is 0 Å². The maximum absolute atomic E-state index is 11.0. The minimum Gasteiger partial charge on any atom is -0.481 e. The van der Waals surface area contributed by atoms with Crippen LogP contribution in [0.5, 0.6) is 0 Å². The first-order valence-electron chi connectivity index (χ1n) is 8.18. The second-order valence-electron chi connectivity index (χ2n) is 6.20. The van der Waals surface area contributed by atoms with Gasteiger partial charge in [0.15, 0.2) is 0 Å². The van der Waals surface area contributed by atoms with E-state index in [0.29, 0.717) is 5.92 Å². The number of aliphatic carboxylic acids is 1. The van der Waals surface area contributed by atoms with Gasteiger partial charge in [0.2, 0.25) is 0 Å². The lowest BCUT2D eigenvalue weighted by molar-refractivity contribution is -0.138. The summed E-state index contributed by atoms with van der Waals surface area (Å²) in [4.78, 5) is 11.0. The van der Waals surface area contributed by atoms with Crippen LogP contribution in [0.1, 0.15) is 77.4 Å². The van der Waals surface area contributed by atoms with Gasteiger partial charge in [-0.25, -0.2) is 0 Å². The zero-order chi connectivity index (χ0) is 15.7. The van der Waals surface area contributed by atoms with Crippen LogP contribution in [-0.2, 0) is 4.79 Å². The smallest absolute Gasteiger partial charge is 0.303 e. The van der Waals surface area contributed by atoms with Crippen LogP contribution in [0, 0.1) is 11.8 Å². The van der Waals surface area contributed by atoms with Crippen molar-refractivity contribution in [3.05, 3.63) is 18.0 Å². The lowest BCUT2D eigenvalue weighted by Gasteiger charge is -2.26. The third-order valence-electron chi connectivity index (χ3n) is 4.27. The van der Waals surface area contributed by atoms with E-state index in [1.165, 1.54) is 32.1 Å². The molecule has 0 fully saturated rings. The fourth-order valence-corrected chi connectivity index (χ4v) is 3.17. The minimum absolute atomic E-state index is 0.0566. The SMILES string of the molecule is CCCCCCCC(C)C(c1ccno1)C(C)CC(=O)O. The van der Waals surface area contributed by atoms with E-state index >= 15 is 0 Å². The van der Waals surface area contributed by atoms with Crippen molar-refractivity contribution in [1.82, 2.24) is 5.16 Å². The van der Waals surface area contributed by atoms with E-state index < -0.39 is 5.97 Å². The topological polar surface area (TPSA) is 63.3 Å². The van der Waals surface area contributed by atoms with E-state index in [0.717, 1.165) is 12.2 Å². The van der Waals surface area contributed by atoms with Crippen molar-refractivity contribution in [2.45, 2.75) is 71.6 Å². The first-order valence-corrected chi connectivity index (χ1v) is 8.18. The first-order chi connectivity index (χ1) is 10.1. The average molecular weight is 295 g/mol. The van der Waals surface area contributed by atoms with Crippen molar-refractivity contribution in [1.29, 1.82) is 0 Å². The Bertz CT molecular complexity index is 389. The van der Waals surface area contributed by atoms with Crippen molar-refractivity contribution in [2.75, 3.05) is 0 Å². The van der Waals surface area contributed by atoms with Gasteiger partial charge in [0.1, 0.15) is 5.76 Å². The molecule has 3 unspecified atom stereocenters. The third kappa shape index (κ3) is 6.32. The van der Waals surface area contributed by atoms with Crippen molar-refractivity contribution >= 4 is 5.97 Å². The number of carboxylic acids is 1. The molecular formula is C17H29NO3. The number of hydrogen-bond donors (Lipinski definition) is 1. The number of hydrogen-bond acceptors (Lipinski definition) is 3. The lowest BCUT2D eigenvalue weighted by atomic mass is 9.78. The van der Waals surface area contributed by atoms with Gasteiger partial charge in [0.25, 0.3) is 0 Å². The minimum atomic E-state index is -0.748. The molecule has 1 N–H and O–H groups in total. The summed E-state index contributed by atoms with van der Waals surface area (Å²) < 4.78 is 5.32. The van der Waals surface area contributed by atoms with Crippen LogP contribution in [-0.4, -0.2) is 16.2 Å². The van der Waals surface area contributed by atoms with Crippen molar-refractivity contribution in [3.63, 3.8) is 0 Å². The average Bonchev–Trinajstić information content (AvgIpc) is 2.91. The Labute approximate surface area is 127 Å². The van der Waals surface area contributed by atoms with E-state index in [9.17, 15) is 4.79 Å². The molecule has 0 spiro atoms. The van der Waals surface area contributed by atoms with Gasteiger partial charge < -0.3 is 9.63 Å². The van der Waals surface area contributed by atoms with Crippen LogP contribution in [0.15, 0.2) is 16.8 Å². The largest absolute Gasteiger partial charge is 0.481 e. The Morgan fingerprint density at radius 2 is 1.95 bits per heavy atom. The van der Waals surface area contributed by atoms with Gasteiger partial charge in [0, 0.05) is 18.4 Å². The molecule has 0 amide bonds. The summed E-state index contributed by atoms with van der Waals surface area (Å²) in [7, 11) is 0. The molecule has 4 nitrogen and oxygen atoms in total. The number of nitrogens with zero attached hydrogens (tertiary/aromatic N) is 1. The number of aromatic nitrogens is 1. The zero-order valence-corrected chi connectivity index (χ0v) is 13.5. The molecule has 1 aromatic heterocycles. The third-order valence-corrected chi connectivity index (χ3v) is 4.27. The highest BCUT2D eigenvalue weighted by atomic mass is 16.5. The molecule has 1 rings (SSSR count). The Hall–Kier alpha value is -1.32. The zero-order valence-electron chi connectivity index (χ0n) is 13.5. The Morgan fingerprint density at radius 3 is 2.52 bits per heavy atom. The van der Waals surface area contributed by atoms with E-state index in [1.54, 1.807) is 6.20 Å². The second kappa shape index (κ2) is 9.59. The highest BCUT2D eigenvalue weighted by molar-refractivity contribution is 5.67. The number of unbranched alkanes of at least 4 members (excludes halogenated alkanes) is 4. The molecule has 0 radical (unpaired) electrons. The molecule has 21 heavy (non-hydrogen) atoms. The van der Waals surface area contributed by atoms with Gasteiger partial charge in [-0.1, -0.05) is 58.0 Å². The van der Waals surface area contributed by atoms with Gasteiger partial charge in [-0.15, -0.1) is 0 Å². The molecule has 1 aromatic rings. The highest BCUT2D eigenvalue weighted by Crippen LogP contribution is 2.36. The van der Waals surface area contributed by atoms with Gasteiger partial charge in [-0.05, 0) is 18.3 Å². The molecule has 4 heteroatoms. The van der Waals surface area contributed by atoms with E-state index in [-0.39, 0.29) is 18.3 Å². The monoisotopic (exact) mass is 295 g/mol.